The third-order valence-electron chi connectivity index (χ3n) is 4.57. The highest BCUT2D eigenvalue weighted by molar-refractivity contribution is 5.98. The number of aryl methyl sites for hydroxylation is 1. The Morgan fingerprint density at radius 2 is 2.00 bits per heavy atom. The summed E-state index contributed by atoms with van der Waals surface area (Å²) in [5, 5.41) is 34.3. The number of aliphatic imine (C=N–C) groups is 1. The largest absolute Gasteiger partial charge is 0.508 e. The number of anilines is 3. The standard InChI is InChI=1S/C18H18N8O2/c1-7-4-10(27)11(8(2)15(7)28-3)14-12-13(21)9(5-19)16(22)25-17(12)26-18(24-14)23-6-20/h4,14,27H,1-3H3,(H6,21,22,23,24,25,26). The van der Waals surface area contributed by atoms with Crippen LogP contribution in [-0.2, 0) is 0 Å². The van der Waals surface area contributed by atoms with Gasteiger partial charge in [0.2, 0.25) is 5.96 Å². The van der Waals surface area contributed by atoms with Crippen LogP contribution < -0.4 is 26.8 Å². The molecule has 0 radical (unpaired) electrons. The van der Waals surface area contributed by atoms with Gasteiger partial charge in [-0.25, -0.2) is 9.98 Å². The van der Waals surface area contributed by atoms with Gasteiger partial charge in [-0.2, -0.15) is 10.5 Å². The van der Waals surface area contributed by atoms with Crippen molar-refractivity contribution in [2.24, 2.45) is 4.99 Å². The first-order valence-electron chi connectivity index (χ1n) is 8.19. The molecule has 0 fully saturated rings. The van der Waals surface area contributed by atoms with Gasteiger partial charge in [-0.05, 0) is 25.5 Å². The number of hydrogen-bond acceptors (Lipinski definition) is 10. The zero-order valence-electron chi connectivity index (χ0n) is 15.5. The van der Waals surface area contributed by atoms with E-state index >= 15 is 0 Å². The molecule has 0 amide bonds. The number of guanidine groups is 1. The lowest BCUT2D eigenvalue weighted by Crippen LogP contribution is -2.33. The molecule has 0 bridgehead atoms. The van der Waals surface area contributed by atoms with Gasteiger partial charge in [-0.1, -0.05) is 0 Å². The fraction of sp³-hybridized carbons (Fsp3) is 0.222. The van der Waals surface area contributed by atoms with E-state index in [1.54, 1.807) is 19.2 Å². The number of nitriles is 2. The number of fused-ring (bicyclic) bond motifs is 1. The molecular weight excluding hydrogens is 360 g/mol. The summed E-state index contributed by atoms with van der Waals surface area (Å²) in [6.45, 7) is 3.59. The highest BCUT2D eigenvalue weighted by Gasteiger charge is 2.33. The maximum Gasteiger partial charge on any atom is 0.211 e. The molecular formula is C18H18N8O2. The van der Waals surface area contributed by atoms with Crippen molar-refractivity contribution in [2.45, 2.75) is 19.9 Å². The van der Waals surface area contributed by atoms with E-state index in [1.807, 2.05) is 13.0 Å². The molecule has 0 spiro atoms. The van der Waals surface area contributed by atoms with Crippen molar-refractivity contribution in [3.8, 4) is 23.8 Å². The number of benzene rings is 1. The normalized spacial score (nSPS) is 14.8. The molecule has 28 heavy (non-hydrogen) atoms. The summed E-state index contributed by atoms with van der Waals surface area (Å²) in [5.74, 6) is 0.855. The molecule has 1 aliphatic rings. The number of nitrogens with zero attached hydrogens (tertiary/aromatic N) is 4. The average molecular weight is 378 g/mol. The number of nitrogens with two attached hydrogens (primary N) is 2. The minimum atomic E-state index is -0.846. The molecule has 1 aromatic heterocycles. The molecule has 3 rings (SSSR count). The Morgan fingerprint density at radius 3 is 2.61 bits per heavy atom. The zero-order valence-corrected chi connectivity index (χ0v) is 15.5. The summed E-state index contributed by atoms with van der Waals surface area (Å²) in [7, 11) is 1.53. The number of methoxy groups -OCH3 is 1. The Morgan fingerprint density at radius 1 is 1.29 bits per heavy atom. The third-order valence-corrected chi connectivity index (χ3v) is 4.57. The van der Waals surface area contributed by atoms with E-state index in [9.17, 15) is 10.4 Å². The van der Waals surface area contributed by atoms with Crippen LogP contribution in [0.1, 0.15) is 33.9 Å². The number of aromatic hydroxyl groups is 1. The number of pyridine rings is 1. The fourth-order valence-corrected chi connectivity index (χ4v) is 3.41. The van der Waals surface area contributed by atoms with Crippen molar-refractivity contribution in [2.75, 3.05) is 23.9 Å². The highest BCUT2D eigenvalue weighted by Crippen LogP contribution is 2.46. The lowest BCUT2D eigenvalue weighted by molar-refractivity contribution is 0.403. The van der Waals surface area contributed by atoms with Gasteiger partial charge in [0, 0.05) is 16.7 Å². The molecule has 7 N–H and O–H groups in total. The van der Waals surface area contributed by atoms with Crippen molar-refractivity contribution < 1.29 is 9.84 Å². The second-order valence-electron chi connectivity index (χ2n) is 6.19. The Bertz CT molecular complexity index is 1090. The lowest BCUT2D eigenvalue weighted by atomic mass is 9.90. The third kappa shape index (κ3) is 2.73. The van der Waals surface area contributed by atoms with E-state index in [2.05, 4.69) is 20.6 Å². The van der Waals surface area contributed by atoms with Crippen LogP contribution in [-0.4, -0.2) is 23.2 Å². The van der Waals surface area contributed by atoms with Gasteiger partial charge in [0.25, 0.3) is 0 Å². The second-order valence-corrected chi connectivity index (χ2v) is 6.19. The first-order chi connectivity index (χ1) is 13.3. The van der Waals surface area contributed by atoms with Crippen LogP contribution in [0.15, 0.2) is 11.1 Å². The number of ether oxygens (including phenoxy) is 1. The molecule has 2 heterocycles. The molecule has 2 aromatic rings. The number of phenols is 1. The van der Waals surface area contributed by atoms with E-state index in [0.717, 1.165) is 5.56 Å². The van der Waals surface area contributed by atoms with Crippen LogP contribution in [0.25, 0.3) is 0 Å². The van der Waals surface area contributed by atoms with Crippen LogP contribution in [0, 0.1) is 36.6 Å². The topological polar surface area (TPSA) is 178 Å². The van der Waals surface area contributed by atoms with E-state index in [-0.39, 0.29) is 34.6 Å². The Labute approximate surface area is 161 Å². The Hall–Kier alpha value is -4.18. The van der Waals surface area contributed by atoms with Gasteiger partial charge in [0.1, 0.15) is 40.8 Å². The molecule has 10 nitrogen and oxygen atoms in total. The van der Waals surface area contributed by atoms with Crippen LogP contribution in [0.2, 0.25) is 0 Å². The van der Waals surface area contributed by atoms with Crippen molar-refractivity contribution >= 4 is 23.3 Å². The fourth-order valence-electron chi connectivity index (χ4n) is 3.41. The second kappa shape index (κ2) is 6.85. The van der Waals surface area contributed by atoms with E-state index in [1.165, 1.54) is 7.11 Å². The van der Waals surface area contributed by atoms with Crippen molar-refractivity contribution in [1.82, 2.24) is 10.3 Å². The van der Waals surface area contributed by atoms with Crippen LogP contribution in [0.5, 0.6) is 11.5 Å². The highest BCUT2D eigenvalue weighted by atomic mass is 16.5. The number of rotatable bonds is 2. The molecule has 1 unspecified atom stereocenters. The quantitative estimate of drug-likeness (QED) is 0.381. The summed E-state index contributed by atoms with van der Waals surface area (Å²) in [4.78, 5) is 8.66. The van der Waals surface area contributed by atoms with Crippen molar-refractivity contribution in [3.63, 3.8) is 0 Å². The van der Waals surface area contributed by atoms with Crippen molar-refractivity contribution in [3.05, 3.63) is 33.9 Å². The minimum Gasteiger partial charge on any atom is -0.508 e. The Kier molecular flexibility index (Phi) is 4.55. The van der Waals surface area contributed by atoms with Crippen LogP contribution in [0.3, 0.4) is 0 Å². The van der Waals surface area contributed by atoms with E-state index in [4.69, 9.17) is 21.5 Å². The van der Waals surface area contributed by atoms with Gasteiger partial charge in [0.05, 0.1) is 12.8 Å². The minimum absolute atomic E-state index is 0.0219. The molecule has 1 aliphatic heterocycles. The number of phenolic OH excluding ortho intramolecular Hbond substituents is 1. The summed E-state index contributed by atoms with van der Waals surface area (Å²) in [6, 6.07) is 2.65. The predicted octanol–water partition coefficient (Wildman–Crippen LogP) is 1.39. The maximum atomic E-state index is 10.7. The summed E-state index contributed by atoms with van der Waals surface area (Å²) in [6.07, 6.45) is 1.78. The van der Waals surface area contributed by atoms with Crippen molar-refractivity contribution in [1.29, 1.82) is 10.5 Å². The number of aromatic nitrogens is 1. The summed E-state index contributed by atoms with van der Waals surface area (Å²) < 4.78 is 5.46. The van der Waals surface area contributed by atoms with E-state index in [0.29, 0.717) is 22.4 Å². The summed E-state index contributed by atoms with van der Waals surface area (Å²) in [5.41, 5.74) is 14.4. The molecule has 1 aromatic carbocycles. The van der Waals surface area contributed by atoms with Gasteiger partial charge in [-0.15, -0.1) is 0 Å². The molecule has 0 aliphatic carbocycles. The SMILES string of the molecule is COc1c(C)cc(O)c(C2N=C(NC#N)Nc3nc(N)c(C#N)c(N)c32)c1C. The molecule has 10 heteroatoms. The smallest absolute Gasteiger partial charge is 0.211 e. The first kappa shape index (κ1) is 18.6. The van der Waals surface area contributed by atoms with Crippen LogP contribution >= 0.6 is 0 Å². The predicted molar refractivity (Wildman–Crippen MR) is 104 cm³/mol. The lowest BCUT2D eigenvalue weighted by Gasteiger charge is -2.28. The van der Waals surface area contributed by atoms with E-state index < -0.39 is 6.04 Å². The Balaban J connectivity index is 2.37. The number of nitrogen functional groups attached to an aromatic ring is 2. The number of nitrogens with one attached hydrogen (secondary N) is 2. The molecule has 142 valence electrons. The number of hydrogen-bond donors (Lipinski definition) is 5. The van der Waals surface area contributed by atoms with Crippen LogP contribution in [0.4, 0.5) is 17.3 Å². The van der Waals surface area contributed by atoms with Gasteiger partial charge in [-0.3, -0.25) is 5.32 Å². The molecule has 1 atom stereocenters. The molecule has 0 saturated heterocycles. The average Bonchev–Trinajstić information content (AvgIpc) is 2.61. The maximum absolute atomic E-state index is 10.7. The van der Waals surface area contributed by atoms with Gasteiger partial charge < -0.3 is 26.6 Å². The van der Waals surface area contributed by atoms with Gasteiger partial charge in [0.15, 0.2) is 6.19 Å². The zero-order chi connectivity index (χ0) is 20.6. The van der Waals surface area contributed by atoms with Gasteiger partial charge >= 0.3 is 0 Å². The first-order valence-corrected chi connectivity index (χ1v) is 8.19. The summed E-state index contributed by atoms with van der Waals surface area (Å²) >= 11 is 0. The molecule has 0 saturated carbocycles. The monoisotopic (exact) mass is 378 g/mol.